The van der Waals surface area contributed by atoms with E-state index in [9.17, 15) is 13.2 Å². The standard InChI is InChI=1S/C18H15N3O5S/c1-11-3-5-12(6-4-11)14-10-19-26-17(14)20-27(23,24)13-7-8-15-16(9-13)25-18(22)21(15)2/h3-10,20H,1-2H3. The van der Waals surface area contributed by atoms with E-state index in [-0.39, 0.29) is 16.4 Å². The van der Waals surface area contributed by atoms with Crippen LogP contribution in [0.2, 0.25) is 0 Å². The van der Waals surface area contributed by atoms with Crippen molar-refractivity contribution in [3.05, 3.63) is 64.8 Å². The smallest absolute Gasteiger partial charge is 0.408 e. The van der Waals surface area contributed by atoms with Crippen LogP contribution in [0.25, 0.3) is 22.2 Å². The number of hydrogen-bond donors (Lipinski definition) is 1. The predicted molar refractivity (Wildman–Crippen MR) is 98.9 cm³/mol. The predicted octanol–water partition coefficient (Wildman–Crippen LogP) is 2.90. The normalized spacial score (nSPS) is 11.8. The fraction of sp³-hybridized carbons (Fsp3) is 0.111. The van der Waals surface area contributed by atoms with Crippen molar-refractivity contribution in [3.8, 4) is 11.1 Å². The van der Waals surface area contributed by atoms with E-state index in [1.807, 2.05) is 31.2 Å². The van der Waals surface area contributed by atoms with Gasteiger partial charge in [0.25, 0.3) is 10.0 Å². The zero-order chi connectivity index (χ0) is 19.2. The zero-order valence-corrected chi connectivity index (χ0v) is 15.3. The van der Waals surface area contributed by atoms with Crippen LogP contribution in [0.5, 0.6) is 0 Å². The van der Waals surface area contributed by atoms with Crippen molar-refractivity contribution in [2.75, 3.05) is 4.72 Å². The van der Waals surface area contributed by atoms with Gasteiger partial charge in [0.1, 0.15) is 0 Å². The average Bonchev–Trinajstić information content (AvgIpc) is 3.19. The molecule has 0 atom stereocenters. The summed E-state index contributed by atoms with van der Waals surface area (Å²) >= 11 is 0. The third kappa shape index (κ3) is 3.02. The molecule has 0 saturated carbocycles. The van der Waals surface area contributed by atoms with E-state index in [1.165, 1.54) is 29.0 Å². The lowest BCUT2D eigenvalue weighted by Crippen LogP contribution is -2.13. The summed E-state index contributed by atoms with van der Waals surface area (Å²) < 4.78 is 39.3. The molecule has 0 saturated heterocycles. The maximum absolute atomic E-state index is 12.7. The third-order valence-electron chi connectivity index (χ3n) is 4.23. The molecule has 0 bridgehead atoms. The second kappa shape index (κ2) is 6.13. The van der Waals surface area contributed by atoms with E-state index < -0.39 is 15.8 Å². The number of nitrogens with zero attached hydrogens (tertiary/aromatic N) is 2. The number of oxazole rings is 1. The monoisotopic (exact) mass is 385 g/mol. The molecule has 0 amide bonds. The van der Waals surface area contributed by atoms with Crippen LogP contribution in [0, 0.1) is 6.92 Å². The minimum atomic E-state index is -3.97. The second-order valence-electron chi connectivity index (χ2n) is 6.10. The molecule has 4 aromatic rings. The molecule has 0 spiro atoms. The number of benzene rings is 2. The molecule has 0 unspecified atom stereocenters. The van der Waals surface area contributed by atoms with E-state index >= 15 is 0 Å². The van der Waals surface area contributed by atoms with Gasteiger partial charge in [-0.15, -0.1) is 0 Å². The Labute approximate surface area is 154 Å². The van der Waals surface area contributed by atoms with Crippen molar-refractivity contribution in [1.29, 1.82) is 0 Å². The molecular formula is C18H15N3O5S. The Morgan fingerprint density at radius 3 is 2.59 bits per heavy atom. The van der Waals surface area contributed by atoms with Crippen molar-refractivity contribution in [3.63, 3.8) is 0 Å². The average molecular weight is 385 g/mol. The van der Waals surface area contributed by atoms with Crippen LogP contribution in [0.4, 0.5) is 5.88 Å². The van der Waals surface area contributed by atoms with Crippen LogP contribution in [-0.4, -0.2) is 18.1 Å². The van der Waals surface area contributed by atoms with Crippen molar-refractivity contribution in [2.24, 2.45) is 7.05 Å². The molecule has 2 aromatic carbocycles. The van der Waals surface area contributed by atoms with Crippen LogP contribution in [0.15, 0.2) is 67.3 Å². The highest BCUT2D eigenvalue weighted by Gasteiger charge is 2.21. The highest BCUT2D eigenvalue weighted by molar-refractivity contribution is 7.92. The summed E-state index contributed by atoms with van der Waals surface area (Å²) in [5.41, 5.74) is 3.05. The molecule has 0 aliphatic rings. The lowest BCUT2D eigenvalue weighted by molar-refractivity contribution is 0.435. The number of sulfonamides is 1. The summed E-state index contributed by atoms with van der Waals surface area (Å²) in [6.45, 7) is 1.96. The lowest BCUT2D eigenvalue weighted by atomic mass is 10.1. The van der Waals surface area contributed by atoms with E-state index in [0.29, 0.717) is 11.1 Å². The van der Waals surface area contributed by atoms with Gasteiger partial charge in [-0.1, -0.05) is 35.0 Å². The number of nitrogens with one attached hydrogen (secondary N) is 1. The third-order valence-corrected chi connectivity index (χ3v) is 5.56. The van der Waals surface area contributed by atoms with Crippen molar-refractivity contribution in [2.45, 2.75) is 11.8 Å². The molecule has 138 valence electrons. The molecule has 2 heterocycles. The topological polar surface area (TPSA) is 107 Å². The van der Waals surface area contributed by atoms with E-state index in [4.69, 9.17) is 8.94 Å². The van der Waals surface area contributed by atoms with E-state index in [2.05, 4.69) is 9.88 Å². The fourth-order valence-electron chi connectivity index (χ4n) is 2.71. The van der Waals surface area contributed by atoms with Gasteiger partial charge in [-0.25, -0.2) is 17.9 Å². The number of rotatable bonds is 4. The van der Waals surface area contributed by atoms with Gasteiger partial charge in [-0.2, -0.15) is 0 Å². The fourth-order valence-corrected chi connectivity index (χ4v) is 3.73. The minimum Gasteiger partial charge on any atom is -0.408 e. The Kier molecular flexibility index (Phi) is 3.88. The van der Waals surface area contributed by atoms with Gasteiger partial charge in [-0.05, 0) is 24.6 Å². The highest BCUT2D eigenvalue weighted by Crippen LogP contribution is 2.30. The SMILES string of the molecule is Cc1ccc(-c2cnoc2NS(=O)(=O)c2ccc3c(c2)oc(=O)n3C)cc1. The molecule has 0 aliphatic carbocycles. The van der Waals surface area contributed by atoms with Crippen LogP contribution < -0.4 is 10.5 Å². The first-order chi connectivity index (χ1) is 12.8. The van der Waals surface area contributed by atoms with Gasteiger partial charge < -0.3 is 8.94 Å². The molecule has 27 heavy (non-hydrogen) atoms. The molecule has 4 rings (SSSR count). The van der Waals surface area contributed by atoms with Gasteiger partial charge >= 0.3 is 5.76 Å². The molecule has 0 radical (unpaired) electrons. The Bertz CT molecular complexity index is 1300. The van der Waals surface area contributed by atoms with Gasteiger partial charge in [0.2, 0.25) is 5.88 Å². The van der Waals surface area contributed by atoms with Gasteiger partial charge in [-0.3, -0.25) is 4.57 Å². The quantitative estimate of drug-likeness (QED) is 0.579. The Balaban J connectivity index is 1.71. The molecule has 8 nitrogen and oxygen atoms in total. The van der Waals surface area contributed by atoms with Gasteiger partial charge in [0.15, 0.2) is 5.58 Å². The van der Waals surface area contributed by atoms with Crippen LogP contribution in [0.1, 0.15) is 5.56 Å². The van der Waals surface area contributed by atoms with Gasteiger partial charge in [0, 0.05) is 13.1 Å². The van der Waals surface area contributed by atoms with Crippen LogP contribution >= 0.6 is 0 Å². The molecule has 9 heteroatoms. The molecule has 2 aromatic heterocycles. The molecular weight excluding hydrogens is 370 g/mol. The number of fused-ring (bicyclic) bond motifs is 1. The number of aromatic nitrogens is 2. The summed E-state index contributed by atoms with van der Waals surface area (Å²) in [6.07, 6.45) is 1.45. The molecule has 0 aliphatic heterocycles. The van der Waals surface area contributed by atoms with Crippen molar-refractivity contribution >= 4 is 27.0 Å². The summed E-state index contributed by atoms with van der Waals surface area (Å²) in [4.78, 5) is 11.5. The lowest BCUT2D eigenvalue weighted by Gasteiger charge is -2.07. The number of anilines is 1. The van der Waals surface area contributed by atoms with Crippen LogP contribution in [-0.2, 0) is 17.1 Å². The largest absolute Gasteiger partial charge is 0.419 e. The maximum Gasteiger partial charge on any atom is 0.419 e. The second-order valence-corrected chi connectivity index (χ2v) is 7.78. The van der Waals surface area contributed by atoms with E-state index in [1.54, 1.807) is 7.05 Å². The molecule has 0 fully saturated rings. The van der Waals surface area contributed by atoms with E-state index in [0.717, 1.165) is 11.1 Å². The minimum absolute atomic E-state index is 0.00784. The summed E-state index contributed by atoms with van der Waals surface area (Å²) in [5.74, 6) is -0.558. The first kappa shape index (κ1) is 17.1. The number of hydrogen-bond acceptors (Lipinski definition) is 6. The van der Waals surface area contributed by atoms with Crippen LogP contribution in [0.3, 0.4) is 0 Å². The Morgan fingerprint density at radius 2 is 1.85 bits per heavy atom. The Morgan fingerprint density at radius 1 is 1.11 bits per heavy atom. The first-order valence-corrected chi connectivity index (χ1v) is 9.47. The van der Waals surface area contributed by atoms with Gasteiger partial charge in [0.05, 0.1) is 22.2 Å². The van der Waals surface area contributed by atoms with Crippen molar-refractivity contribution in [1.82, 2.24) is 9.72 Å². The highest BCUT2D eigenvalue weighted by atomic mass is 32.2. The summed E-state index contributed by atoms with van der Waals surface area (Å²) in [5, 5.41) is 3.70. The zero-order valence-electron chi connectivity index (χ0n) is 14.5. The number of aryl methyl sites for hydroxylation is 2. The summed E-state index contributed by atoms with van der Waals surface area (Å²) in [7, 11) is -2.43. The summed E-state index contributed by atoms with van der Waals surface area (Å²) in [6, 6.07) is 11.7. The maximum atomic E-state index is 12.7. The first-order valence-electron chi connectivity index (χ1n) is 7.99. The van der Waals surface area contributed by atoms with Crippen molar-refractivity contribution < 1.29 is 17.4 Å². The Hall–Kier alpha value is -3.33. The molecule has 1 N–H and O–H groups in total.